The summed E-state index contributed by atoms with van der Waals surface area (Å²) in [7, 11) is 1.59. The van der Waals surface area contributed by atoms with Crippen molar-refractivity contribution in [3.8, 4) is 11.5 Å². The van der Waals surface area contributed by atoms with E-state index in [-0.39, 0.29) is 11.7 Å². The van der Waals surface area contributed by atoms with Gasteiger partial charge in [-0.2, -0.15) is 0 Å². The van der Waals surface area contributed by atoms with Crippen LogP contribution in [0.4, 0.5) is 0 Å². The SMILES string of the molecule is COc1cc(/C=c2\sc3n(c2=O)C(c2ccc(Cl)cc2)C(C(=O)OC(C)C)=C(C)N=3)cc(I)c1OCc1ccccc1. The van der Waals surface area contributed by atoms with Gasteiger partial charge in [0, 0.05) is 5.02 Å². The van der Waals surface area contributed by atoms with Crippen LogP contribution in [0, 0.1) is 3.57 Å². The fraction of sp³-hybridized carbons (Fsp3) is 0.219. The number of carbonyl (C=O) groups excluding carboxylic acids is 1. The lowest BCUT2D eigenvalue weighted by molar-refractivity contribution is -0.143. The number of carbonyl (C=O) groups is 1. The summed E-state index contributed by atoms with van der Waals surface area (Å²) in [5.74, 6) is 0.684. The van der Waals surface area contributed by atoms with Crippen LogP contribution in [0.2, 0.25) is 5.02 Å². The van der Waals surface area contributed by atoms with Crippen molar-refractivity contribution in [3.63, 3.8) is 0 Å². The fourth-order valence-corrected chi connectivity index (χ4v) is 6.62. The third-order valence-electron chi connectivity index (χ3n) is 6.55. The number of allylic oxidation sites excluding steroid dienone is 1. The Morgan fingerprint density at radius 1 is 1.14 bits per heavy atom. The molecule has 42 heavy (non-hydrogen) atoms. The smallest absolute Gasteiger partial charge is 0.338 e. The van der Waals surface area contributed by atoms with Gasteiger partial charge in [-0.1, -0.05) is 65.4 Å². The van der Waals surface area contributed by atoms with Crippen LogP contribution in [0.3, 0.4) is 0 Å². The number of hydrogen-bond donors (Lipinski definition) is 0. The van der Waals surface area contributed by atoms with Gasteiger partial charge in [-0.3, -0.25) is 9.36 Å². The molecule has 0 fully saturated rings. The maximum atomic E-state index is 14.0. The maximum absolute atomic E-state index is 14.0. The van der Waals surface area contributed by atoms with Crippen molar-refractivity contribution in [3.05, 3.63) is 123 Å². The highest BCUT2D eigenvalue weighted by molar-refractivity contribution is 14.1. The van der Waals surface area contributed by atoms with E-state index >= 15 is 0 Å². The topological polar surface area (TPSA) is 79.1 Å². The van der Waals surface area contributed by atoms with Crippen LogP contribution in [0.15, 0.2) is 87.8 Å². The molecule has 0 saturated carbocycles. The third-order valence-corrected chi connectivity index (χ3v) is 8.58. The molecule has 1 aliphatic rings. The lowest BCUT2D eigenvalue weighted by Gasteiger charge is -2.25. The Kier molecular flexibility index (Phi) is 9.19. The van der Waals surface area contributed by atoms with Crippen molar-refractivity contribution < 1.29 is 19.0 Å². The number of esters is 1. The number of nitrogens with zero attached hydrogens (tertiary/aromatic N) is 2. The second-order valence-corrected chi connectivity index (χ2v) is 12.5. The summed E-state index contributed by atoms with van der Waals surface area (Å²) in [5.41, 5.74) is 3.10. The number of benzene rings is 3. The molecule has 4 aromatic rings. The van der Waals surface area contributed by atoms with Gasteiger partial charge < -0.3 is 14.2 Å². The van der Waals surface area contributed by atoms with Crippen molar-refractivity contribution in [1.29, 1.82) is 0 Å². The van der Waals surface area contributed by atoms with Gasteiger partial charge in [0.05, 0.1) is 38.6 Å². The molecule has 3 aromatic carbocycles. The lowest BCUT2D eigenvalue weighted by Crippen LogP contribution is -2.40. The Labute approximate surface area is 265 Å². The van der Waals surface area contributed by atoms with Gasteiger partial charge in [0.15, 0.2) is 16.3 Å². The van der Waals surface area contributed by atoms with Crippen molar-refractivity contribution in [1.82, 2.24) is 4.57 Å². The van der Waals surface area contributed by atoms with E-state index in [0.717, 1.165) is 20.3 Å². The first kappa shape index (κ1) is 30.1. The van der Waals surface area contributed by atoms with Gasteiger partial charge in [0.1, 0.15) is 6.61 Å². The number of aromatic nitrogens is 1. The van der Waals surface area contributed by atoms with Crippen LogP contribution >= 0.6 is 45.5 Å². The molecule has 0 aliphatic carbocycles. The van der Waals surface area contributed by atoms with Crippen LogP contribution in [0.1, 0.15) is 43.5 Å². The molecule has 0 amide bonds. The molecule has 1 aromatic heterocycles. The van der Waals surface area contributed by atoms with E-state index in [0.29, 0.717) is 43.7 Å². The van der Waals surface area contributed by atoms with Gasteiger partial charge in [-0.05, 0) is 90.4 Å². The predicted octanol–water partition coefficient (Wildman–Crippen LogP) is 6.03. The summed E-state index contributed by atoms with van der Waals surface area (Å²) in [6, 6.07) is 20.1. The molecule has 0 bridgehead atoms. The standard InChI is InChI=1S/C32H28ClIN2O5S/c1-18(2)41-31(38)27-19(3)35-32-36(28(27)22-10-12-23(33)13-11-22)30(37)26(42-32)16-21-14-24(34)29(25(15-21)39-4)40-17-20-8-6-5-7-9-20/h5-16,18,28H,17H2,1-4H3/b26-16-. The fourth-order valence-electron chi connectivity index (χ4n) is 4.67. The van der Waals surface area contributed by atoms with Crippen molar-refractivity contribution in [2.24, 2.45) is 4.99 Å². The number of methoxy groups -OCH3 is 1. The highest BCUT2D eigenvalue weighted by Gasteiger charge is 2.33. The first-order valence-electron chi connectivity index (χ1n) is 13.2. The molecule has 10 heteroatoms. The number of halogens is 2. The zero-order chi connectivity index (χ0) is 30.0. The number of thiazole rings is 1. The first-order chi connectivity index (χ1) is 20.2. The molecule has 0 radical (unpaired) electrons. The number of hydrogen-bond acceptors (Lipinski definition) is 7. The zero-order valence-electron chi connectivity index (χ0n) is 23.4. The zero-order valence-corrected chi connectivity index (χ0v) is 27.1. The molecule has 7 nitrogen and oxygen atoms in total. The van der Waals surface area contributed by atoms with Crippen LogP contribution in [0.5, 0.6) is 11.5 Å². The van der Waals surface area contributed by atoms with E-state index in [1.165, 1.54) is 11.3 Å². The minimum Gasteiger partial charge on any atom is -0.493 e. The molecule has 1 aliphatic heterocycles. The van der Waals surface area contributed by atoms with Crippen molar-refractivity contribution >= 4 is 57.6 Å². The molecule has 0 saturated heterocycles. The largest absolute Gasteiger partial charge is 0.493 e. The minimum atomic E-state index is -0.713. The van der Waals surface area contributed by atoms with E-state index < -0.39 is 12.0 Å². The summed E-state index contributed by atoms with van der Waals surface area (Å²) in [6.45, 7) is 5.73. The van der Waals surface area contributed by atoms with Gasteiger partial charge >= 0.3 is 5.97 Å². The summed E-state index contributed by atoms with van der Waals surface area (Å²) >= 11 is 9.63. The van der Waals surface area contributed by atoms with Gasteiger partial charge in [0.25, 0.3) is 5.56 Å². The molecular formula is C32H28ClIN2O5S. The van der Waals surface area contributed by atoms with Crippen LogP contribution in [-0.4, -0.2) is 23.8 Å². The average molecular weight is 715 g/mol. The van der Waals surface area contributed by atoms with Crippen LogP contribution < -0.4 is 24.4 Å². The normalized spacial score (nSPS) is 14.9. The van der Waals surface area contributed by atoms with Crippen molar-refractivity contribution in [2.45, 2.75) is 39.5 Å². The summed E-state index contributed by atoms with van der Waals surface area (Å²) in [4.78, 5) is 32.4. The van der Waals surface area contributed by atoms with Gasteiger partial charge in [-0.25, -0.2) is 9.79 Å². The number of fused-ring (bicyclic) bond motifs is 1. The Hall–Kier alpha value is -3.41. The second kappa shape index (κ2) is 12.8. The van der Waals surface area contributed by atoms with E-state index in [9.17, 15) is 9.59 Å². The number of ether oxygens (including phenoxy) is 3. The highest BCUT2D eigenvalue weighted by atomic mass is 127. The van der Waals surface area contributed by atoms with Gasteiger partial charge in [-0.15, -0.1) is 0 Å². The first-order valence-corrected chi connectivity index (χ1v) is 15.5. The van der Waals surface area contributed by atoms with Crippen LogP contribution in [0.25, 0.3) is 6.08 Å². The molecule has 0 spiro atoms. The summed E-state index contributed by atoms with van der Waals surface area (Å²) in [6.07, 6.45) is 1.48. The maximum Gasteiger partial charge on any atom is 0.338 e. The summed E-state index contributed by atoms with van der Waals surface area (Å²) < 4.78 is 20.2. The van der Waals surface area contributed by atoms with Crippen molar-refractivity contribution in [2.75, 3.05) is 7.11 Å². The Morgan fingerprint density at radius 3 is 2.52 bits per heavy atom. The molecule has 2 heterocycles. The molecule has 1 unspecified atom stereocenters. The number of rotatable bonds is 8. The van der Waals surface area contributed by atoms with Gasteiger partial charge in [0.2, 0.25) is 0 Å². The van der Waals surface area contributed by atoms with E-state index in [1.807, 2.05) is 54.6 Å². The Balaban J connectivity index is 1.58. The quantitative estimate of drug-likeness (QED) is 0.165. The molecular weight excluding hydrogens is 687 g/mol. The van der Waals surface area contributed by atoms with E-state index in [4.69, 9.17) is 25.8 Å². The molecule has 1 atom stereocenters. The monoisotopic (exact) mass is 714 g/mol. The lowest BCUT2D eigenvalue weighted by atomic mass is 9.96. The molecule has 216 valence electrons. The Bertz CT molecular complexity index is 1850. The molecule has 0 N–H and O–H groups in total. The second-order valence-electron chi connectivity index (χ2n) is 9.90. The van der Waals surface area contributed by atoms with Crippen LogP contribution in [-0.2, 0) is 16.1 Å². The summed E-state index contributed by atoms with van der Waals surface area (Å²) in [5, 5.41) is 0.554. The van der Waals surface area contributed by atoms with E-state index in [2.05, 4.69) is 27.6 Å². The Morgan fingerprint density at radius 2 is 1.86 bits per heavy atom. The molecule has 5 rings (SSSR count). The minimum absolute atomic E-state index is 0.264. The average Bonchev–Trinajstić information content (AvgIpc) is 3.25. The third kappa shape index (κ3) is 6.33. The predicted molar refractivity (Wildman–Crippen MR) is 173 cm³/mol. The highest BCUT2D eigenvalue weighted by Crippen LogP contribution is 2.35. The van der Waals surface area contributed by atoms with E-state index in [1.54, 1.807) is 50.7 Å².